The molecule has 6 nitrogen and oxygen atoms in total. The molecule has 0 saturated carbocycles. The van der Waals surface area contributed by atoms with Crippen molar-refractivity contribution in [1.29, 1.82) is 0 Å². The second-order valence-corrected chi connectivity index (χ2v) is 1.95. The molecule has 0 aliphatic heterocycles. The lowest BCUT2D eigenvalue weighted by molar-refractivity contribution is -0.148. The van der Waals surface area contributed by atoms with Crippen molar-refractivity contribution in [3.63, 3.8) is 0 Å². The molecule has 0 aliphatic rings. The molecule has 0 fully saturated rings. The molecule has 0 atom stereocenters. The summed E-state index contributed by atoms with van der Waals surface area (Å²) in [6, 6.07) is 0. The number of aliphatic carboxylic acids is 1. The van der Waals surface area contributed by atoms with Gasteiger partial charge >= 0.3 is 11.9 Å². The zero-order valence-corrected chi connectivity index (χ0v) is 7.98. The molecule has 0 aliphatic carbocycles. The van der Waals surface area contributed by atoms with Crippen LogP contribution in [-0.4, -0.2) is 35.7 Å². The van der Waals surface area contributed by atoms with Crippen molar-refractivity contribution < 1.29 is 29.0 Å². The number of hydrogen-bond donors (Lipinski definition) is 1. The summed E-state index contributed by atoms with van der Waals surface area (Å²) >= 11 is 0. The van der Waals surface area contributed by atoms with Crippen molar-refractivity contribution in [3.8, 4) is 0 Å². The van der Waals surface area contributed by atoms with Gasteiger partial charge in [0, 0.05) is 6.42 Å². The minimum atomic E-state index is -1.34. The van der Waals surface area contributed by atoms with Gasteiger partial charge in [0.15, 0.2) is 0 Å². The van der Waals surface area contributed by atoms with Gasteiger partial charge in [-0.25, -0.2) is 9.59 Å². The monoisotopic (exact) mass is 204 g/mol. The molecule has 0 amide bonds. The lowest BCUT2D eigenvalue weighted by atomic mass is 10.3. The van der Waals surface area contributed by atoms with Crippen LogP contribution in [0, 0.1) is 0 Å². The van der Waals surface area contributed by atoms with Gasteiger partial charge in [0.2, 0.25) is 12.1 Å². The molecule has 0 aromatic heterocycles. The van der Waals surface area contributed by atoms with E-state index < -0.39 is 17.7 Å². The van der Waals surface area contributed by atoms with Crippen molar-refractivity contribution in [1.82, 2.24) is 0 Å². The Morgan fingerprint density at radius 2 is 1.79 bits per heavy atom. The topological polar surface area (TPSA) is 97.7 Å². The van der Waals surface area contributed by atoms with Crippen LogP contribution in [0.2, 0.25) is 0 Å². The maximum Gasteiger partial charge on any atom is 0.372 e. The van der Waals surface area contributed by atoms with Gasteiger partial charge in [-0.1, -0.05) is 6.92 Å². The summed E-state index contributed by atoms with van der Waals surface area (Å²) in [4.78, 5) is 38.7. The Kier molecular flexibility index (Phi) is 9.89. The molecule has 80 valence electrons. The van der Waals surface area contributed by atoms with Gasteiger partial charge in [-0.05, 0) is 6.92 Å². The van der Waals surface area contributed by atoms with E-state index >= 15 is 0 Å². The highest BCUT2D eigenvalue weighted by atomic mass is 16.5. The maximum absolute atomic E-state index is 9.91. The molecule has 0 unspecified atom stereocenters. The van der Waals surface area contributed by atoms with Gasteiger partial charge in [0.1, 0.15) is 0 Å². The van der Waals surface area contributed by atoms with Crippen LogP contribution in [0.15, 0.2) is 0 Å². The van der Waals surface area contributed by atoms with Crippen molar-refractivity contribution in [3.05, 3.63) is 0 Å². The van der Waals surface area contributed by atoms with Crippen LogP contribution in [0.1, 0.15) is 20.3 Å². The molecule has 0 rings (SSSR count). The van der Waals surface area contributed by atoms with Crippen LogP contribution in [0.3, 0.4) is 0 Å². The van der Waals surface area contributed by atoms with E-state index in [9.17, 15) is 19.2 Å². The summed E-state index contributed by atoms with van der Waals surface area (Å²) in [5.74, 6) is -2.88. The fourth-order valence-corrected chi connectivity index (χ4v) is 0.328. The number of esters is 1. The summed E-state index contributed by atoms with van der Waals surface area (Å²) in [5, 5.41) is 7.83. The fraction of sp³-hybridized carbons (Fsp3) is 0.500. The molecule has 0 heterocycles. The van der Waals surface area contributed by atoms with E-state index in [4.69, 9.17) is 5.11 Å². The molecule has 1 N–H and O–H groups in total. The number of carboxylic acid groups (broad SMARTS) is 1. The summed E-state index contributed by atoms with van der Waals surface area (Å²) in [6.45, 7) is 3.41. The number of ketones is 1. The molecule has 14 heavy (non-hydrogen) atoms. The first-order chi connectivity index (χ1) is 6.49. The number of ether oxygens (including phenoxy) is 1. The second-order valence-electron chi connectivity index (χ2n) is 1.95. The number of carboxylic acids is 1. The van der Waals surface area contributed by atoms with Crippen LogP contribution in [0.25, 0.3) is 0 Å². The average molecular weight is 204 g/mol. The normalized spacial score (nSPS) is 7.86. The summed E-state index contributed by atoms with van der Waals surface area (Å²) in [6.07, 6.45) is 0.221. The van der Waals surface area contributed by atoms with Gasteiger partial charge in [0.25, 0.3) is 0 Å². The Morgan fingerprint density at radius 3 is 1.86 bits per heavy atom. The largest absolute Gasteiger partial charge is 0.476 e. The predicted molar refractivity (Wildman–Crippen MR) is 45.6 cm³/mol. The highest BCUT2D eigenvalue weighted by molar-refractivity contribution is 6.32. The van der Waals surface area contributed by atoms with Gasteiger partial charge in [0.05, 0.1) is 6.61 Å². The Morgan fingerprint density at radius 1 is 1.29 bits per heavy atom. The average Bonchev–Trinajstić information content (AvgIpc) is 2.17. The molecule has 0 radical (unpaired) electrons. The van der Waals surface area contributed by atoms with Crippen LogP contribution in [0.4, 0.5) is 0 Å². The molecule has 0 bridgehead atoms. The third kappa shape index (κ3) is 10.3. The molecular weight excluding hydrogens is 192 g/mol. The minimum Gasteiger partial charge on any atom is -0.476 e. The number of Topliss-reactive ketones (excluding diaryl/α,β-unsaturated/α-hetero) is 1. The fourth-order valence-electron chi connectivity index (χ4n) is 0.328. The minimum absolute atomic E-state index is 0.0787. The van der Waals surface area contributed by atoms with Gasteiger partial charge in [-0.15, -0.1) is 0 Å². The molecule has 0 aromatic carbocycles. The molecule has 0 spiro atoms. The van der Waals surface area contributed by atoms with Gasteiger partial charge in [-0.2, -0.15) is 0 Å². The number of hydrogen-bond acceptors (Lipinski definition) is 5. The first kappa shape index (κ1) is 14.8. The zero-order chi connectivity index (χ0) is 11.6. The van der Waals surface area contributed by atoms with E-state index in [0.29, 0.717) is 0 Å². The Labute approximate surface area is 80.9 Å². The quantitative estimate of drug-likeness (QED) is 0.387. The first-order valence-corrected chi connectivity index (χ1v) is 3.87. The van der Waals surface area contributed by atoms with Gasteiger partial charge < -0.3 is 9.84 Å². The van der Waals surface area contributed by atoms with Crippen molar-refractivity contribution in [2.45, 2.75) is 20.3 Å². The third-order valence-electron chi connectivity index (χ3n) is 0.942. The molecule has 6 heteroatoms. The lowest BCUT2D eigenvalue weighted by Gasteiger charge is -1.88. The highest BCUT2D eigenvalue weighted by Crippen LogP contribution is 1.76. The first-order valence-electron chi connectivity index (χ1n) is 3.87. The SMILES string of the molecule is CCC(=O)C(=O)O.CCOC(=O)C=O. The molecule has 0 saturated heterocycles. The predicted octanol–water partition coefficient (Wildman–Crippen LogP) is -0.202. The second kappa shape index (κ2) is 9.37. The summed E-state index contributed by atoms with van der Waals surface area (Å²) in [5.41, 5.74) is 0. The van der Waals surface area contributed by atoms with Crippen LogP contribution in [-0.2, 0) is 23.9 Å². The number of carbonyl (C=O) groups excluding carboxylic acids is 3. The van der Waals surface area contributed by atoms with E-state index in [2.05, 4.69) is 4.74 Å². The Balaban J connectivity index is 0. The Bertz CT molecular complexity index is 218. The lowest BCUT2D eigenvalue weighted by Crippen LogP contribution is -2.09. The van der Waals surface area contributed by atoms with Crippen molar-refractivity contribution in [2.75, 3.05) is 6.61 Å². The highest BCUT2D eigenvalue weighted by Gasteiger charge is 2.05. The van der Waals surface area contributed by atoms with Gasteiger partial charge in [-0.3, -0.25) is 9.59 Å². The van der Waals surface area contributed by atoms with E-state index in [1.807, 2.05) is 0 Å². The standard InChI is InChI=1S/2C4H6O3/c1-2-7-4(6)3-5;1-2-3(5)4(6)7/h3H,2H2,1H3;2H2,1H3,(H,6,7). The van der Waals surface area contributed by atoms with E-state index in [0.717, 1.165) is 0 Å². The smallest absolute Gasteiger partial charge is 0.372 e. The molecular formula is C8H12O6. The summed E-state index contributed by atoms with van der Waals surface area (Å²) < 4.78 is 4.18. The third-order valence-corrected chi connectivity index (χ3v) is 0.942. The van der Waals surface area contributed by atoms with Crippen LogP contribution < -0.4 is 0 Å². The Hall–Kier alpha value is -1.72. The van der Waals surface area contributed by atoms with E-state index in [-0.39, 0.29) is 19.3 Å². The van der Waals surface area contributed by atoms with Crippen LogP contribution >= 0.6 is 0 Å². The van der Waals surface area contributed by atoms with E-state index in [1.165, 1.54) is 6.92 Å². The van der Waals surface area contributed by atoms with E-state index in [1.54, 1.807) is 6.92 Å². The number of carbonyl (C=O) groups is 4. The summed E-state index contributed by atoms with van der Waals surface area (Å²) in [7, 11) is 0. The van der Waals surface area contributed by atoms with Crippen LogP contribution in [0.5, 0.6) is 0 Å². The maximum atomic E-state index is 9.91. The molecule has 0 aromatic rings. The number of aldehydes is 1. The zero-order valence-electron chi connectivity index (χ0n) is 7.98. The van der Waals surface area contributed by atoms with Crippen molar-refractivity contribution in [2.24, 2.45) is 0 Å². The van der Waals surface area contributed by atoms with Crippen molar-refractivity contribution >= 4 is 24.0 Å². The number of rotatable bonds is 4.